The van der Waals surface area contributed by atoms with Gasteiger partial charge in [-0.1, -0.05) is 29.8 Å². The number of piperidine rings is 1. The van der Waals surface area contributed by atoms with E-state index in [0.717, 1.165) is 11.1 Å². The molecule has 1 fully saturated rings. The van der Waals surface area contributed by atoms with Gasteiger partial charge in [-0.2, -0.15) is 0 Å². The Morgan fingerprint density at radius 1 is 1.31 bits per heavy atom. The van der Waals surface area contributed by atoms with Crippen molar-refractivity contribution in [2.24, 2.45) is 5.92 Å². The molecule has 26 heavy (non-hydrogen) atoms. The van der Waals surface area contributed by atoms with E-state index in [2.05, 4.69) is 15.3 Å². The van der Waals surface area contributed by atoms with E-state index in [1.165, 1.54) is 4.90 Å². The van der Waals surface area contributed by atoms with Gasteiger partial charge in [-0.05, 0) is 25.0 Å². The topological polar surface area (TPSA) is 67.3 Å². The maximum atomic E-state index is 14.4. The summed E-state index contributed by atoms with van der Waals surface area (Å²) in [4.78, 5) is 21.7. The summed E-state index contributed by atoms with van der Waals surface area (Å²) in [6.45, 7) is 3.17. The van der Waals surface area contributed by atoms with E-state index >= 15 is 0 Å². The average molecular weight is 358 g/mol. The van der Waals surface area contributed by atoms with Crippen LogP contribution in [0.25, 0.3) is 0 Å². The number of nitrogens with one attached hydrogen (secondary N) is 1. The first-order valence-corrected chi connectivity index (χ1v) is 8.74. The molecule has 0 aliphatic carbocycles. The molecule has 1 aromatic heterocycles. The lowest BCUT2D eigenvalue weighted by atomic mass is 9.95. The number of carbonyl (C=O) groups is 1. The molecule has 1 saturated heterocycles. The van der Waals surface area contributed by atoms with Crippen LogP contribution in [-0.2, 0) is 11.3 Å². The molecule has 1 aliphatic heterocycles. The molecule has 0 radical (unpaired) electrons. The van der Waals surface area contributed by atoms with Gasteiger partial charge in [0, 0.05) is 31.4 Å². The summed E-state index contributed by atoms with van der Waals surface area (Å²) in [6.07, 6.45) is 2.27. The van der Waals surface area contributed by atoms with E-state index in [1.54, 1.807) is 18.5 Å². The van der Waals surface area contributed by atoms with E-state index in [9.17, 15) is 9.18 Å². The number of halogens is 1. The van der Waals surface area contributed by atoms with Gasteiger partial charge < -0.3 is 15.0 Å². The molecule has 2 aromatic rings. The zero-order valence-corrected chi connectivity index (χ0v) is 14.8. The number of aromatic nitrogens is 2. The van der Waals surface area contributed by atoms with Crippen molar-refractivity contribution < 1.29 is 13.9 Å². The molecular formula is C19H23FN4O2. The Bertz CT molecular complexity index is 711. The zero-order chi connectivity index (χ0) is 18.4. The number of anilines is 1. The SMILES string of the molecule is Cc1ccc(COC(=O)N2CC[C@@H](CNc3ncccn3)[C@H](F)C2)cc1. The van der Waals surface area contributed by atoms with Crippen molar-refractivity contribution in [1.29, 1.82) is 0 Å². The van der Waals surface area contributed by atoms with Gasteiger partial charge in [-0.25, -0.2) is 19.2 Å². The van der Waals surface area contributed by atoms with E-state index in [0.29, 0.717) is 25.5 Å². The Hall–Kier alpha value is -2.70. The molecular weight excluding hydrogens is 335 g/mol. The largest absolute Gasteiger partial charge is 0.445 e. The van der Waals surface area contributed by atoms with Crippen molar-refractivity contribution in [3.05, 3.63) is 53.9 Å². The van der Waals surface area contributed by atoms with Gasteiger partial charge in [0.05, 0.1) is 6.54 Å². The Balaban J connectivity index is 1.43. The van der Waals surface area contributed by atoms with Crippen LogP contribution in [0.15, 0.2) is 42.7 Å². The van der Waals surface area contributed by atoms with E-state index < -0.39 is 12.3 Å². The van der Waals surface area contributed by atoms with Crippen molar-refractivity contribution in [2.75, 3.05) is 25.0 Å². The highest BCUT2D eigenvalue weighted by Gasteiger charge is 2.32. The normalized spacial score (nSPS) is 19.8. The number of likely N-dealkylation sites (tertiary alicyclic amines) is 1. The number of carbonyl (C=O) groups excluding carboxylic acids is 1. The van der Waals surface area contributed by atoms with Crippen LogP contribution in [0.2, 0.25) is 0 Å². The first kappa shape index (κ1) is 18.1. The maximum Gasteiger partial charge on any atom is 0.410 e. The molecule has 0 bridgehead atoms. The number of nitrogens with zero attached hydrogens (tertiary/aromatic N) is 3. The van der Waals surface area contributed by atoms with Gasteiger partial charge in [-0.15, -0.1) is 0 Å². The van der Waals surface area contributed by atoms with Crippen LogP contribution in [0, 0.1) is 12.8 Å². The predicted molar refractivity (Wildman–Crippen MR) is 96.5 cm³/mol. The average Bonchev–Trinajstić information content (AvgIpc) is 2.67. The van der Waals surface area contributed by atoms with Gasteiger partial charge >= 0.3 is 6.09 Å². The van der Waals surface area contributed by atoms with Crippen molar-refractivity contribution >= 4 is 12.0 Å². The Morgan fingerprint density at radius 2 is 2.04 bits per heavy atom. The third-order valence-corrected chi connectivity index (χ3v) is 4.51. The van der Waals surface area contributed by atoms with Crippen LogP contribution in [0.4, 0.5) is 15.1 Å². The van der Waals surface area contributed by atoms with Crippen molar-refractivity contribution in [3.8, 4) is 0 Å². The highest BCUT2D eigenvalue weighted by molar-refractivity contribution is 5.67. The fourth-order valence-corrected chi connectivity index (χ4v) is 2.88. The van der Waals surface area contributed by atoms with Crippen molar-refractivity contribution in [1.82, 2.24) is 14.9 Å². The van der Waals surface area contributed by atoms with Gasteiger partial charge in [0.1, 0.15) is 12.8 Å². The lowest BCUT2D eigenvalue weighted by Gasteiger charge is -2.34. The number of benzene rings is 1. The fourth-order valence-electron chi connectivity index (χ4n) is 2.88. The Kier molecular flexibility index (Phi) is 5.99. The Morgan fingerprint density at radius 3 is 2.73 bits per heavy atom. The molecule has 3 rings (SSSR count). The van der Waals surface area contributed by atoms with Gasteiger partial charge in [0.15, 0.2) is 0 Å². The highest BCUT2D eigenvalue weighted by atomic mass is 19.1. The van der Waals surface area contributed by atoms with Crippen LogP contribution in [-0.4, -0.2) is 46.8 Å². The smallest absolute Gasteiger partial charge is 0.410 e. The molecule has 1 amide bonds. The zero-order valence-electron chi connectivity index (χ0n) is 14.8. The molecule has 1 N–H and O–H groups in total. The molecule has 138 valence electrons. The second-order valence-corrected chi connectivity index (χ2v) is 6.50. The number of ether oxygens (including phenoxy) is 1. The number of alkyl halides is 1. The molecule has 0 unspecified atom stereocenters. The summed E-state index contributed by atoms with van der Waals surface area (Å²) in [5.74, 6) is 0.305. The second kappa shape index (κ2) is 8.60. The van der Waals surface area contributed by atoms with Crippen LogP contribution in [0.5, 0.6) is 0 Å². The summed E-state index contributed by atoms with van der Waals surface area (Å²) in [5.41, 5.74) is 2.07. The molecule has 1 aliphatic rings. The first-order chi connectivity index (χ1) is 12.6. The minimum atomic E-state index is -1.10. The summed E-state index contributed by atoms with van der Waals surface area (Å²) in [5, 5.41) is 3.04. The summed E-state index contributed by atoms with van der Waals surface area (Å²) in [7, 11) is 0. The van der Waals surface area contributed by atoms with E-state index in [1.807, 2.05) is 31.2 Å². The van der Waals surface area contributed by atoms with Gasteiger partial charge in [0.25, 0.3) is 0 Å². The second-order valence-electron chi connectivity index (χ2n) is 6.50. The summed E-state index contributed by atoms with van der Waals surface area (Å²) < 4.78 is 19.7. The lowest BCUT2D eigenvalue weighted by Crippen LogP contribution is -2.46. The fraction of sp³-hybridized carbons (Fsp3) is 0.421. The summed E-state index contributed by atoms with van der Waals surface area (Å²) >= 11 is 0. The molecule has 6 nitrogen and oxygen atoms in total. The van der Waals surface area contributed by atoms with Gasteiger partial charge in [0.2, 0.25) is 5.95 Å². The molecule has 7 heteroatoms. The minimum absolute atomic E-state index is 0.0503. The maximum absolute atomic E-state index is 14.4. The molecule has 1 aromatic carbocycles. The van der Waals surface area contributed by atoms with E-state index in [4.69, 9.17) is 4.74 Å². The molecule has 2 atom stereocenters. The van der Waals surface area contributed by atoms with E-state index in [-0.39, 0.29) is 19.1 Å². The Labute approximate surface area is 152 Å². The van der Waals surface area contributed by atoms with Crippen LogP contribution < -0.4 is 5.32 Å². The van der Waals surface area contributed by atoms with Crippen LogP contribution in [0.1, 0.15) is 17.5 Å². The monoisotopic (exact) mass is 358 g/mol. The first-order valence-electron chi connectivity index (χ1n) is 8.74. The quantitative estimate of drug-likeness (QED) is 0.889. The lowest BCUT2D eigenvalue weighted by molar-refractivity contribution is 0.0544. The molecule has 0 saturated carbocycles. The number of aryl methyl sites for hydroxylation is 1. The predicted octanol–water partition coefficient (Wildman–Crippen LogP) is 3.19. The number of hydrogen-bond acceptors (Lipinski definition) is 5. The van der Waals surface area contributed by atoms with Crippen molar-refractivity contribution in [3.63, 3.8) is 0 Å². The molecule has 0 spiro atoms. The molecule has 2 heterocycles. The number of hydrogen-bond donors (Lipinski definition) is 1. The van der Waals surface area contributed by atoms with Gasteiger partial charge in [-0.3, -0.25) is 0 Å². The summed E-state index contributed by atoms with van der Waals surface area (Å²) in [6, 6.07) is 9.50. The number of amides is 1. The van der Waals surface area contributed by atoms with Crippen molar-refractivity contribution in [2.45, 2.75) is 26.1 Å². The number of rotatable bonds is 5. The third kappa shape index (κ3) is 4.91. The standard InChI is InChI=1S/C19H23FN4O2/c1-14-3-5-15(6-4-14)13-26-19(25)24-10-7-16(17(20)12-24)11-23-18-21-8-2-9-22-18/h2-6,8-9,16-17H,7,10-13H2,1H3,(H,21,22,23)/t16-,17+/m0/s1. The van der Waals surface area contributed by atoms with Crippen LogP contribution in [0.3, 0.4) is 0 Å². The third-order valence-electron chi connectivity index (χ3n) is 4.51. The van der Waals surface area contributed by atoms with Crippen LogP contribution >= 0.6 is 0 Å². The highest BCUT2D eigenvalue weighted by Crippen LogP contribution is 2.22. The minimum Gasteiger partial charge on any atom is -0.445 e.